The summed E-state index contributed by atoms with van der Waals surface area (Å²) in [5.74, 6) is -0.393. The molecule has 1 aliphatic rings. The molecule has 0 aliphatic heterocycles. The second-order valence-corrected chi connectivity index (χ2v) is 6.75. The van der Waals surface area contributed by atoms with Crippen molar-refractivity contribution in [1.29, 1.82) is 0 Å². The van der Waals surface area contributed by atoms with E-state index in [1.54, 1.807) is 24.3 Å². The molecule has 0 radical (unpaired) electrons. The summed E-state index contributed by atoms with van der Waals surface area (Å²) < 4.78 is 21.6. The number of nitrogens with zero attached hydrogens (tertiary/aromatic N) is 2. The molecule has 4 nitrogen and oxygen atoms in total. The highest BCUT2D eigenvalue weighted by molar-refractivity contribution is 7.00. The topological polar surface area (TPSA) is 54.9 Å². The van der Waals surface area contributed by atoms with E-state index in [0.717, 1.165) is 54.0 Å². The molecule has 1 aromatic heterocycles. The lowest BCUT2D eigenvalue weighted by Gasteiger charge is -2.31. The number of fused-ring (bicyclic) bond motifs is 1. The predicted octanol–water partition coefficient (Wildman–Crippen LogP) is 4.03. The lowest BCUT2D eigenvalue weighted by molar-refractivity contribution is 0.0898. The number of nitrogens with one attached hydrogen (secondary N) is 1. The smallest absolute Gasteiger partial charge is 0.252 e. The fourth-order valence-electron chi connectivity index (χ4n) is 3.45. The van der Waals surface area contributed by atoms with E-state index in [9.17, 15) is 9.18 Å². The molecule has 0 unspecified atom stereocenters. The molecular formula is C18H16FN3OS. The van der Waals surface area contributed by atoms with Crippen molar-refractivity contribution in [3.05, 3.63) is 59.4 Å². The summed E-state index contributed by atoms with van der Waals surface area (Å²) in [6, 6.07) is 11.8. The summed E-state index contributed by atoms with van der Waals surface area (Å²) in [5, 5.41) is 3.20. The van der Waals surface area contributed by atoms with Crippen LogP contribution in [0.4, 0.5) is 4.39 Å². The van der Waals surface area contributed by atoms with Gasteiger partial charge in [-0.1, -0.05) is 25.0 Å². The number of carbonyl (C=O) groups excluding carboxylic acids is 1. The van der Waals surface area contributed by atoms with Gasteiger partial charge in [-0.3, -0.25) is 4.79 Å². The SMILES string of the molecule is O=C(NC1(c2ccc(F)cc2)CCCC1)c1ccc2nsnc2c1. The average molecular weight is 341 g/mol. The van der Waals surface area contributed by atoms with E-state index in [2.05, 4.69) is 14.1 Å². The van der Waals surface area contributed by atoms with Crippen molar-refractivity contribution in [3.63, 3.8) is 0 Å². The van der Waals surface area contributed by atoms with Gasteiger partial charge in [0, 0.05) is 5.56 Å². The van der Waals surface area contributed by atoms with E-state index in [4.69, 9.17) is 0 Å². The van der Waals surface area contributed by atoms with E-state index in [1.807, 2.05) is 6.07 Å². The molecule has 2 aromatic carbocycles. The monoisotopic (exact) mass is 341 g/mol. The number of rotatable bonds is 3. The predicted molar refractivity (Wildman–Crippen MR) is 91.4 cm³/mol. The molecule has 1 fully saturated rings. The van der Waals surface area contributed by atoms with Crippen LogP contribution in [0.2, 0.25) is 0 Å². The molecule has 0 spiro atoms. The van der Waals surface area contributed by atoms with E-state index in [0.29, 0.717) is 5.56 Å². The zero-order valence-corrected chi connectivity index (χ0v) is 13.8. The summed E-state index contributed by atoms with van der Waals surface area (Å²) in [6.07, 6.45) is 3.83. The Morgan fingerprint density at radius 1 is 1.04 bits per heavy atom. The number of aromatic nitrogens is 2. The van der Waals surface area contributed by atoms with Crippen LogP contribution >= 0.6 is 11.7 Å². The molecular weight excluding hydrogens is 325 g/mol. The molecule has 122 valence electrons. The Morgan fingerprint density at radius 3 is 2.50 bits per heavy atom. The maximum atomic E-state index is 13.2. The zero-order valence-electron chi connectivity index (χ0n) is 13.0. The summed E-state index contributed by atoms with van der Waals surface area (Å²) in [5.41, 5.74) is 2.65. The quantitative estimate of drug-likeness (QED) is 0.782. The minimum atomic E-state index is -0.417. The molecule has 1 N–H and O–H groups in total. The summed E-state index contributed by atoms with van der Waals surface area (Å²) >= 11 is 1.14. The maximum absolute atomic E-state index is 13.2. The van der Waals surface area contributed by atoms with Crippen molar-refractivity contribution in [1.82, 2.24) is 14.1 Å². The average Bonchev–Trinajstić information content (AvgIpc) is 3.24. The Bertz CT molecular complexity index is 885. The van der Waals surface area contributed by atoms with E-state index in [1.165, 1.54) is 12.1 Å². The van der Waals surface area contributed by atoms with Crippen molar-refractivity contribution in [2.75, 3.05) is 0 Å². The number of halogens is 1. The van der Waals surface area contributed by atoms with Gasteiger partial charge in [-0.15, -0.1) is 0 Å². The first-order valence-corrected chi connectivity index (χ1v) is 8.70. The molecule has 1 heterocycles. The zero-order chi connectivity index (χ0) is 16.6. The van der Waals surface area contributed by atoms with Crippen LogP contribution in [-0.2, 0) is 5.54 Å². The summed E-state index contributed by atoms with van der Waals surface area (Å²) in [4.78, 5) is 12.8. The normalized spacial score (nSPS) is 16.4. The molecule has 6 heteroatoms. The van der Waals surface area contributed by atoms with Gasteiger partial charge >= 0.3 is 0 Å². The second-order valence-electron chi connectivity index (χ2n) is 6.22. The first kappa shape index (κ1) is 15.2. The third-order valence-electron chi connectivity index (χ3n) is 4.72. The highest BCUT2D eigenvalue weighted by atomic mass is 32.1. The van der Waals surface area contributed by atoms with Crippen LogP contribution in [0.3, 0.4) is 0 Å². The van der Waals surface area contributed by atoms with Crippen LogP contribution in [0.5, 0.6) is 0 Å². The fraction of sp³-hybridized carbons (Fsp3) is 0.278. The van der Waals surface area contributed by atoms with Gasteiger partial charge in [-0.05, 0) is 48.7 Å². The number of amides is 1. The molecule has 3 aromatic rings. The molecule has 1 saturated carbocycles. The van der Waals surface area contributed by atoms with Crippen molar-refractivity contribution >= 4 is 28.7 Å². The van der Waals surface area contributed by atoms with Gasteiger partial charge in [-0.25, -0.2) is 4.39 Å². The summed E-state index contributed by atoms with van der Waals surface area (Å²) in [7, 11) is 0. The van der Waals surface area contributed by atoms with Gasteiger partial charge in [0.05, 0.1) is 17.3 Å². The van der Waals surface area contributed by atoms with Crippen LogP contribution in [0, 0.1) is 5.82 Å². The van der Waals surface area contributed by atoms with Crippen LogP contribution in [0.1, 0.15) is 41.6 Å². The van der Waals surface area contributed by atoms with Crippen LogP contribution in [0.25, 0.3) is 11.0 Å². The van der Waals surface area contributed by atoms with Crippen molar-refractivity contribution in [3.8, 4) is 0 Å². The van der Waals surface area contributed by atoms with E-state index < -0.39 is 5.54 Å². The Hall–Kier alpha value is -2.34. The Balaban J connectivity index is 1.65. The number of benzene rings is 2. The third-order valence-corrected chi connectivity index (χ3v) is 5.28. The lowest BCUT2D eigenvalue weighted by Crippen LogP contribution is -2.43. The molecule has 0 atom stereocenters. The van der Waals surface area contributed by atoms with Gasteiger partial charge in [0.15, 0.2) is 0 Å². The largest absolute Gasteiger partial charge is 0.343 e. The van der Waals surface area contributed by atoms with Gasteiger partial charge in [-0.2, -0.15) is 8.75 Å². The highest BCUT2D eigenvalue weighted by Gasteiger charge is 2.37. The second kappa shape index (κ2) is 5.94. The van der Waals surface area contributed by atoms with Crippen molar-refractivity contribution in [2.24, 2.45) is 0 Å². The molecule has 4 rings (SSSR count). The molecule has 0 saturated heterocycles. The first-order chi connectivity index (χ1) is 11.7. The first-order valence-electron chi connectivity index (χ1n) is 7.97. The van der Waals surface area contributed by atoms with Gasteiger partial charge in [0.1, 0.15) is 16.9 Å². The van der Waals surface area contributed by atoms with Crippen LogP contribution in [0.15, 0.2) is 42.5 Å². The van der Waals surface area contributed by atoms with E-state index >= 15 is 0 Å². The van der Waals surface area contributed by atoms with Gasteiger partial charge in [0.25, 0.3) is 5.91 Å². The third kappa shape index (κ3) is 2.67. The molecule has 1 aliphatic carbocycles. The maximum Gasteiger partial charge on any atom is 0.252 e. The van der Waals surface area contributed by atoms with Crippen LogP contribution in [-0.4, -0.2) is 14.7 Å². The lowest BCUT2D eigenvalue weighted by atomic mass is 9.87. The molecule has 24 heavy (non-hydrogen) atoms. The van der Waals surface area contributed by atoms with Crippen molar-refractivity contribution in [2.45, 2.75) is 31.2 Å². The Morgan fingerprint density at radius 2 is 1.75 bits per heavy atom. The molecule has 1 amide bonds. The summed E-state index contributed by atoms with van der Waals surface area (Å²) in [6.45, 7) is 0. The standard InChI is InChI=1S/C18H16FN3OS/c19-14-6-4-13(5-7-14)18(9-1-2-10-18)20-17(23)12-3-8-15-16(11-12)22-24-21-15/h3-8,11H,1-2,9-10H2,(H,20,23). The minimum absolute atomic E-state index is 0.129. The van der Waals surface area contributed by atoms with Crippen LogP contribution < -0.4 is 5.32 Å². The fourth-order valence-corrected chi connectivity index (χ4v) is 3.96. The number of hydrogen-bond acceptors (Lipinski definition) is 4. The van der Waals surface area contributed by atoms with Crippen molar-refractivity contribution < 1.29 is 9.18 Å². The van der Waals surface area contributed by atoms with Gasteiger partial charge < -0.3 is 5.32 Å². The highest BCUT2D eigenvalue weighted by Crippen LogP contribution is 2.39. The van der Waals surface area contributed by atoms with Gasteiger partial charge in [0.2, 0.25) is 0 Å². The minimum Gasteiger partial charge on any atom is -0.343 e. The number of hydrogen-bond donors (Lipinski definition) is 1. The Kier molecular flexibility index (Phi) is 3.76. The number of carbonyl (C=O) groups is 1. The molecule has 0 bridgehead atoms. The van der Waals surface area contributed by atoms with E-state index in [-0.39, 0.29) is 11.7 Å². The Labute approximate surface area is 143 Å².